The topological polar surface area (TPSA) is 302 Å². The number of hydrogen-bond acceptors (Lipinski definition) is 26. The lowest BCUT2D eigenvalue weighted by atomic mass is 10.0. The Balaban J connectivity index is 0.000000197. The Hall–Kier alpha value is -8.63. The van der Waals surface area contributed by atoms with Gasteiger partial charge in [0.25, 0.3) is 0 Å². The number of para-hydroxylation sites is 4. The van der Waals surface area contributed by atoms with Crippen molar-refractivity contribution < 1.29 is 38.1 Å². The molecule has 3 aliphatic heterocycles. The smallest absolute Gasteiger partial charge is 0.328 e. The molecule has 11 rings (SSSR count). The molecular weight excluding hydrogens is 1280 g/mol. The lowest BCUT2D eigenvalue weighted by molar-refractivity contribution is -0.143. The highest BCUT2D eigenvalue weighted by atomic mass is 35.5. The average Bonchev–Trinajstić information content (AvgIpc) is 0.823. The first-order chi connectivity index (χ1) is 47.8. The summed E-state index contributed by atoms with van der Waals surface area (Å²) in [7, 11) is 5.59. The van der Waals surface area contributed by atoms with Crippen molar-refractivity contribution in [2.24, 2.45) is 23.7 Å². The minimum Gasteiger partial charge on any atom is -0.467 e. The van der Waals surface area contributed by atoms with Crippen molar-refractivity contribution in [3.05, 3.63) is 120 Å². The van der Waals surface area contributed by atoms with Crippen molar-refractivity contribution in [2.75, 3.05) is 128 Å². The molecular formula is C72H99ClN18O8. The molecule has 7 N–H and O–H groups in total. The van der Waals surface area contributed by atoms with E-state index in [2.05, 4.69) is 61.9 Å². The van der Waals surface area contributed by atoms with E-state index in [1.807, 2.05) is 152 Å². The molecule has 4 aromatic heterocycles. The predicted octanol–water partition coefficient (Wildman–Crippen LogP) is 7.91. The molecule has 4 atom stereocenters. The van der Waals surface area contributed by atoms with Gasteiger partial charge in [-0.05, 0) is 72.2 Å². The number of alkyl halides is 1. The molecule has 532 valence electrons. The molecule has 0 spiro atoms. The van der Waals surface area contributed by atoms with Crippen LogP contribution in [-0.4, -0.2) is 210 Å². The summed E-state index contributed by atoms with van der Waals surface area (Å²) in [4.78, 5) is 93.7. The third-order valence-electron chi connectivity index (χ3n) is 17.1. The number of aromatic nitrogens is 8. The molecule has 99 heavy (non-hydrogen) atoms. The Labute approximate surface area is 585 Å². The second-order valence-electron chi connectivity index (χ2n) is 25.8. The molecule has 7 heterocycles. The fourth-order valence-electron chi connectivity index (χ4n) is 11.5. The largest absolute Gasteiger partial charge is 0.467 e. The van der Waals surface area contributed by atoms with E-state index < -0.39 is 24.2 Å². The van der Waals surface area contributed by atoms with Crippen LogP contribution in [0.15, 0.2) is 97.1 Å². The van der Waals surface area contributed by atoms with Gasteiger partial charge in [0.15, 0.2) is 0 Å². The zero-order valence-corrected chi connectivity index (χ0v) is 60.0. The van der Waals surface area contributed by atoms with Crippen LogP contribution in [0.3, 0.4) is 0 Å². The van der Waals surface area contributed by atoms with Crippen LogP contribution in [-0.2, 0) is 63.6 Å². The van der Waals surface area contributed by atoms with E-state index in [0.717, 1.165) is 128 Å². The number of rotatable bonds is 23. The van der Waals surface area contributed by atoms with Gasteiger partial charge in [0.2, 0.25) is 0 Å². The highest BCUT2D eigenvalue weighted by Crippen LogP contribution is 2.28. The summed E-state index contributed by atoms with van der Waals surface area (Å²) in [5.74, 6) is 4.35. The Bertz CT molecular complexity index is 3790. The molecule has 8 aromatic rings. The lowest BCUT2D eigenvalue weighted by Gasteiger charge is -2.34. The van der Waals surface area contributed by atoms with Crippen LogP contribution in [0.25, 0.3) is 43.6 Å². The van der Waals surface area contributed by atoms with Gasteiger partial charge in [-0.1, -0.05) is 104 Å². The number of fused-ring (bicyclic) bond motifs is 4. The normalized spacial score (nSPS) is 15.7. The minimum atomic E-state index is -0.524. The summed E-state index contributed by atoms with van der Waals surface area (Å²) >= 11 is 5.84. The summed E-state index contributed by atoms with van der Waals surface area (Å²) in [5.41, 5.74) is 3.32. The number of piperazine rings is 3. The van der Waals surface area contributed by atoms with E-state index in [-0.39, 0.29) is 53.4 Å². The molecule has 0 unspecified atom stereocenters. The van der Waals surface area contributed by atoms with Crippen LogP contribution in [0.1, 0.15) is 78.7 Å². The van der Waals surface area contributed by atoms with E-state index in [0.29, 0.717) is 60.4 Å². The maximum atomic E-state index is 12.5. The third-order valence-corrected chi connectivity index (χ3v) is 17.3. The maximum absolute atomic E-state index is 12.5. The quantitative estimate of drug-likeness (QED) is 0.0182. The Morgan fingerprint density at radius 2 is 0.596 bits per heavy atom. The van der Waals surface area contributed by atoms with Gasteiger partial charge < -0.3 is 56.2 Å². The lowest BCUT2D eigenvalue weighted by Crippen LogP contribution is -2.45. The summed E-state index contributed by atoms with van der Waals surface area (Å²) < 4.78 is 19.9. The zero-order valence-electron chi connectivity index (χ0n) is 59.2. The van der Waals surface area contributed by atoms with Crippen LogP contribution < -0.4 is 37.2 Å². The standard InChI is InChI=1S/C34H44N8O4.C19H27N5O2.C15H18ClN3O2.C4H10N2/c1-21(2)29(33(43)45-5)39-31-23-11-7-9-13-25(23)35-27(37-31)19-41-15-17-42(18-16-41)20-28-36-26-14-10-8-12-24(26)32(38-28)40-30(22(3)4)34(44)46-6;1-13(2)17(19(25)26-3)23-18-14-6-4-5-7-15(14)21-16(22-18)12-24-10-8-20-9-11-24;1-9(2)13(15(20)21-3)19-14-10-6-4-5-7-11(10)17-12(8-16)18-14;1-2-6-4-3-5-1/h7-14,21-22,29-30H,15-20H2,1-6H3,(H,35,37,39)(H,36,38,40);4-7,13,17,20H,8-12H2,1-3H3,(H,21,22,23);4-7,9,13H,8H2,1-3H3,(H,17,18,19);5-6H,1-4H2/t29-,30-;17-;13-;/m000./s1. The number of benzene rings is 4. The van der Waals surface area contributed by atoms with E-state index >= 15 is 0 Å². The molecule has 3 fully saturated rings. The van der Waals surface area contributed by atoms with Crippen LogP contribution in [0.4, 0.5) is 23.3 Å². The number of carbonyl (C=O) groups is 4. The minimum absolute atomic E-state index is 0.0145. The number of nitrogens with one attached hydrogen (secondary N) is 7. The molecule has 4 aromatic carbocycles. The van der Waals surface area contributed by atoms with Gasteiger partial charge in [0, 0.05) is 100 Å². The summed E-state index contributed by atoms with van der Waals surface area (Å²) in [6, 6.07) is 29.1. The van der Waals surface area contributed by atoms with Crippen molar-refractivity contribution >= 4 is 102 Å². The fraction of sp³-hybridized carbons (Fsp3) is 0.500. The van der Waals surface area contributed by atoms with E-state index in [4.69, 9.17) is 60.5 Å². The highest BCUT2D eigenvalue weighted by molar-refractivity contribution is 6.16. The summed E-state index contributed by atoms with van der Waals surface area (Å²) in [6.45, 7) is 29.4. The highest BCUT2D eigenvalue weighted by Gasteiger charge is 2.30. The van der Waals surface area contributed by atoms with Crippen LogP contribution in [0.2, 0.25) is 0 Å². The van der Waals surface area contributed by atoms with Gasteiger partial charge in [0.05, 0.1) is 76.0 Å². The fourth-order valence-corrected chi connectivity index (χ4v) is 11.6. The second-order valence-corrected chi connectivity index (χ2v) is 26.1. The van der Waals surface area contributed by atoms with Gasteiger partial charge in [-0.3, -0.25) is 14.7 Å². The Morgan fingerprint density at radius 1 is 0.364 bits per heavy atom. The molecule has 0 aliphatic carbocycles. The molecule has 3 aliphatic rings. The Morgan fingerprint density at radius 3 is 0.838 bits per heavy atom. The molecule has 0 bridgehead atoms. The first-order valence-corrected chi connectivity index (χ1v) is 34.6. The first kappa shape index (κ1) is 76.1. The monoisotopic (exact) mass is 1380 g/mol. The molecule has 0 saturated carbocycles. The van der Waals surface area contributed by atoms with Crippen molar-refractivity contribution in [1.29, 1.82) is 0 Å². The molecule has 0 radical (unpaired) electrons. The predicted molar refractivity (Wildman–Crippen MR) is 389 cm³/mol. The summed E-state index contributed by atoms with van der Waals surface area (Å²) in [5, 5.41) is 26.4. The second kappa shape index (κ2) is 38.1. The van der Waals surface area contributed by atoms with Gasteiger partial charge in [0.1, 0.15) is 70.7 Å². The number of anilines is 4. The van der Waals surface area contributed by atoms with E-state index in [1.54, 1.807) is 0 Å². The van der Waals surface area contributed by atoms with Crippen molar-refractivity contribution in [1.82, 2.24) is 70.5 Å². The average molecular weight is 1380 g/mol. The maximum Gasteiger partial charge on any atom is 0.328 e. The van der Waals surface area contributed by atoms with Crippen LogP contribution in [0, 0.1) is 23.7 Å². The van der Waals surface area contributed by atoms with E-state index in [9.17, 15) is 19.2 Å². The van der Waals surface area contributed by atoms with Gasteiger partial charge in [-0.2, -0.15) is 0 Å². The molecule has 26 nitrogen and oxygen atoms in total. The summed E-state index contributed by atoms with van der Waals surface area (Å²) in [6.07, 6.45) is 0. The van der Waals surface area contributed by atoms with Gasteiger partial charge in [-0.25, -0.2) is 59.0 Å². The number of halogens is 1. The Kier molecular flexibility index (Phi) is 29.3. The van der Waals surface area contributed by atoms with Crippen LogP contribution >= 0.6 is 11.6 Å². The molecule has 0 amide bonds. The van der Waals surface area contributed by atoms with Crippen molar-refractivity contribution in [3.63, 3.8) is 0 Å². The molecule has 27 heteroatoms. The zero-order chi connectivity index (χ0) is 71.0. The van der Waals surface area contributed by atoms with Crippen LogP contribution in [0.5, 0.6) is 0 Å². The number of hydrogen-bond donors (Lipinski definition) is 7. The number of ether oxygens (including phenoxy) is 4. The van der Waals surface area contributed by atoms with E-state index in [1.165, 1.54) is 28.4 Å². The number of esters is 4. The number of methoxy groups -OCH3 is 4. The number of nitrogens with zero attached hydrogens (tertiary/aromatic N) is 11. The van der Waals surface area contributed by atoms with Crippen molar-refractivity contribution in [3.8, 4) is 0 Å². The first-order valence-electron chi connectivity index (χ1n) is 34.1. The third kappa shape index (κ3) is 21.7. The molecule has 3 saturated heterocycles. The number of carbonyl (C=O) groups excluding carboxylic acids is 4. The van der Waals surface area contributed by atoms with Crippen molar-refractivity contribution in [2.45, 2.75) is 105 Å². The SMILES string of the molecule is C1CNCCN1.COC(=O)[C@@H](Nc1nc(CCl)nc2ccccc12)C(C)C.COC(=O)[C@@H](Nc1nc(CN2CCN(Cc3nc(N[C@H](C(=O)OC)C(C)C)c4ccccc4n3)CC2)nc2ccccc12)C(C)C.COC(=O)[C@@H](Nc1nc(CN2CCNCC2)nc2ccccc12)C(C)C. The van der Waals surface area contributed by atoms with Gasteiger partial charge >= 0.3 is 23.9 Å². The van der Waals surface area contributed by atoms with Gasteiger partial charge in [-0.15, -0.1) is 11.6 Å².